The summed E-state index contributed by atoms with van der Waals surface area (Å²) in [6.07, 6.45) is -0.0267. The minimum Gasteiger partial charge on any atom is -0.491 e. The van der Waals surface area contributed by atoms with Crippen molar-refractivity contribution in [2.24, 2.45) is 0 Å². The van der Waals surface area contributed by atoms with Crippen LogP contribution < -0.4 is 10.1 Å². The maximum atomic E-state index is 12.7. The predicted octanol–water partition coefficient (Wildman–Crippen LogP) is 6.64. The van der Waals surface area contributed by atoms with Gasteiger partial charge in [0.2, 0.25) is 0 Å². The Morgan fingerprint density at radius 3 is 2.13 bits per heavy atom. The molecule has 4 aromatic rings. The number of nitrogens with zero attached hydrogens (tertiary/aromatic N) is 1. The fourth-order valence-electron chi connectivity index (χ4n) is 4.72. The summed E-state index contributed by atoms with van der Waals surface area (Å²) >= 11 is 0. The Kier molecular flexibility index (Phi) is 8.11. The Bertz CT molecular complexity index is 1480. The number of fused-ring (bicyclic) bond motifs is 1. The van der Waals surface area contributed by atoms with Gasteiger partial charge in [-0.25, -0.2) is 4.79 Å². The van der Waals surface area contributed by atoms with E-state index in [4.69, 9.17) is 9.84 Å². The van der Waals surface area contributed by atoms with Crippen molar-refractivity contribution < 1.29 is 24.5 Å². The van der Waals surface area contributed by atoms with Crippen LogP contribution >= 0.6 is 0 Å². The molecule has 7 nitrogen and oxygen atoms in total. The molecule has 1 aromatic heterocycles. The molecule has 0 amide bonds. The van der Waals surface area contributed by atoms with Crippen LogP contribution in [-0.4, -0.2) is 39.4 Å². The SMILES string of the molecule is CC(C)Oc1ccc(-n2c(C(=O)O)c(CNCCC(=O)O)c3cc(-c4ccc(C(C)(C)C)cc4)ccc32)cc1. The molecule has 0 bridgehead atoms. The fourth-order valence-corrected chi connectivity index (χ4v) is 4.72. The molecule has 204 valence electrons. The number of aromatic carboxylic acids is 1. The average Bonchev–Trinajstić information content (AvgIpc) is 3.20. The van der Waals surface area contributed by atoms with Crippen molar-refractivity contribution in [3.63, 3.8) is 0 Å². The van der Waals surface area contributed by atoms with E-state index in [1.807, 2.05) is 56.3 Å². The lowest BCUT2D eigenvalue weighted by Crippen LogP contribution is -2.19. The number of nitrogens with one attached hydrogen (secondary N) is 1. The fraction of sp³-hybridized carbons (Fsp3) is 0.312. The van der Waals surface area contributed by atoms with Gasteiger partial charge in [0.25, 0.3) is 0 Å². The zero-order valence-electron chi connectivity index (χ0n) is 23.1. The highest BCUT2D eigenvalue weighted by Gasteiger charge is 2.24. The van der Waals surface area contributed by atoms with E-state index in [1.165, 1.54) is 5.56 Å². The molecule has 39 heavy (non-hydrogen) atoms. The number of aromatic nitrogens is 1. The third-order valence-electron chi connectivity index (χ3n) is 6.64. The first kappa shape index (κ1) is 27.9. The molecular weight excluding hydrogens is 492 g/mol. The molecule has 0 spiro atoms. The minimum atomic E-state index is -1.06. The van der Waals surface area contributed by atoms with E-state index >= 15 is 0 Å². The van der Waals surface area contributed by atoms with Crippen molar-refractivity contribution in [1.29, 1.82) is 0 Å². The van der Waals surface area contributed by atoms with E-state index in [-0.39, 0.29) is 36.7 Å². The zero-order chi connectivity index (χ0) is 28.3. The smallest absolute Gasteiger partial charge is 0.353 e. The molecule has 3 aromatic carbocycles. The number of carboxylic acids is 2. The Balaban J connectivity index is 1.85. The average molecular weight is 529 g/mol. The van der Waals surface area contributed by atoms with Gasteiger partial charge in [0.1, 0.15) is 11.4 Å². The summed E-state index contributed by atoms with van der Waals surface area (Å²) in [4.78, 5) is 23.7. The number of hydrogen-bond acceptors (Lipinski definition) is 4. The number of ether oxygens (including phenoxy) is 1. The van der Waals surface area contributed by atoms with E-state index in [0.29, 0.717) is 17.0 Å². The van der Waals surface area contributed by atoms with Gasteiger partial charge >= 0.3 is 11.9 Å². The van der Waals surface area contributed by atoms with E-state index in [9.17, 15) is 14.7 Å². The summed E-state index contributed by atoms with van der Waals surface area (Å²) in [7, 11) is 0. The monoisotopic (exact) mass is 528 g/mol. The minimum absolute atomic E-state index is 0.0252. The molecule has 3 N–H and O–H groups in total. The highest BCUT2D eigenvalue weighted by atomic mass is 16.5. The van der Waals surface area contributed by atoms with Crippen LogP contribution in [-0.2, 0) is 16.8 Å². The second kappa shape index (κ2) is 11.3. The summed E-state index contributed by atoms with van der Waals surface area (Å²) in [6, 6.07) is 21.8. The lowest BCUT2D eigenvalue weighted by molar-refractivity contribution is -0.136. The van der Waals surface area contributed by atoms with Crippen LogP contribution in [0.15, 0.2) is 66.7 Å². The van der Waals surface area contributed by atoms with Gasteiger partial charge in [-0.3, -0.25) is 4.79 Å². The second-order valence-corrected chi connectivity index (χ2v) is 11.0. The van der Waals surface area contributed by atoms with Crippen LogP contribution in [0.2, 0.25) is 0 Å². The van der Waals surface area contributed by atoms with Gasteiger partial charge in [0.05, 0.1) is 18.0 Å². The van der Waals surface area contributed by atoms with Gasteiger partial charge in [-0.2, -0.15) is 0 Å². The predicted molar refractivity (Wildman–Crippen MR) is 154 cm³/mol. The summed E-state index contributed by atoms with van der Waals surface area (Å²) < 4.78 is 7.52. The molecule has 1 heterocycles. The summed E-state index contributed by atoms with van der Waals surface area (Å²) in [5, 5.41) is 23.3. The second-order valence-electron chi connectivity index (χ2n) is 11.0. The summed E-state index contributed by atoms with van der Waals surface area (Å²) in [5.41, 5.74) is 5.51. The first-order valence-electron chi connectivity index (χ1n) is 13.2. The third kappa shape index (κ3) is 6.32. The maximum Gasteiger partial charge on any atom is 0.353 e. The number of aliphatic carboxylic acids is 1. The van der Waals surface area contributed by atoms with E-state index in [2.05, 4.69) is 50.4 Å². The molecule has 7 heteroatoms. The van der Waals surface area contributed by atoms with E-state index in [0.717, 1.165) is 22.0 Å². The number of hydrogen-bond donors (Lipinski definition) is 3. The van der Waals surface area contributed by atoms with E-state index in [1.54, 1.807) is 4.57 Å². The lowest BCUT2D eigenvalue weighted by atomic mass is 9.86. The molecule has 0 atom stereocenters. The standard InChI is InChI=1S/C32H36N2O5/c1-20(2)39-25-13-11-24(12-14-25)34-28-15-8-22(21-6-9-23(10-7-21)32(3,4)5)18-26(28)27(30(34)31(37)38)19-33-17-16-29(35)36/h6-15,18,20,33H,16-17,19H2,1-5H3,(H,35,36)(H,37,38). The molecule has 0 saturated carbocycles. The van der Waals surface area contributed by atoms with Gasteiger partial charge in [0.15, 0.2) is 0 Å². The highest BCUT2D eigenvalue weighted by Crippen LogP contribution is 2.34. The summed E-state index contributed by atoms with van der Waals surface area (Å²) in [5.74, 6) is -1.26. The number of benzene rings is 3. The number of carboxylic acid groups (broad SMARTS) is 2. The Morgan fingerprint density at radius 1 is 0.923 bits per heavy atom. The van der Waals surface area contributed by atoms with Crippen molar-refractivity contribution in [3.05, 3.63) is 83.6 Å². The lowest BCUT2D eigenvalue weighted by Gasteiger charge is -2.19. The van der Waals surface area contributed by atoms with Gasteiger partial charge in [0, 0.05) is 29.7 Å². The Hall–Kier alpha value is -4.10. The molecule has 4 rings (SSSR count). The first-order valence-corrected chi connectivity index (χ1v) is 13.2. The van der Waals surface area contributed by atoms with Gasteiger partial charge in [-0.1, -0.05) is 51.1 Å². The van der Waals surface area contributed by atoms with Crippen molar-refractivity contribution in [3.8, 4) is 22.6 Å². The van der Waals surface area contributed by atoms with Crippen molar-refractivity contribution in [2.45, 2.75) is 59.1 Å². The van der Waals surface area contributed by atoms with Crippen LogP contribution in [0.4, 0.5) is 0 Å². The van der Waals surface area contributed by atoms with Gasteiger partial charge in [-0.05, 0) is 72.4 Å². The van der Waals surface area contributed by atoms with Crippen LogP contribution in [0.5, 0.6) is 5.75 Å². The van der Waals surface area contributed by atoms with Crippen molar-refractivity contribution >= 4 is 22.8 Å². The van der Waals surface area contributed by atoms with Crippen molar-refractivity contribution in [1.82, 2.24) is 9.88 Å². The van der Waals surface area contributed by atoms with Crippen molar-refractivity contribution in [2.75, 3.05) is 6.54 Å². The summed E-state index contributed by atoms with van der Waals surface area (Å²) in [6.45, 7) is 10.9. The van der Waals surface area contributed by atoms with Crippen LogP contribution in [0.1, 0.15) is 62.7 Å². The van der Waals surface area contributed by atoms with E-state index < -0.39 is 11.9 Å². The first-order chi connectivity index (χ1) is 18.5. The molecule has 0 unspecified atom stereocenters. The third-order valence-corrected chi connectivity index (χ3v) is 6.64. The zero-order valence-corrected chi connectivity index (χ0v) is 23.1. The highest BCUT2D eigenvalue weighted by molar-refractivity contribution is 6.01. The number of rotatable bonds is 10. The molecule has 0 radical (unpaired) electrons. The molecular formula is C32H36N2O5. The van der Waals surface area contributed by atoms with Crippen LogP contribution in [0.25, 0.3) is 27.7 Å². The molecule has 0 saturated heterocycles. The maximum absolute atomic E-state index is 12.7. The molecule has 0 fully saturated rings. The normalized spacial score (nSPS) is 11.7. The van der Waals surface area contributed by atoms with Crippen LogP contribution in [0, 0.1) is 0 Å². The van der Waals surface area contributed by atoms with Gasteiger partial charge < -0.3 is 24.8 Å². The Labute approximate surface area is 229 Å². The van der Waals surface area contributed by atoms with Gasteiger partial charge in [-0.15, -0.1) is 0 Å². The molecule has 0 aliphatic heterocycles. The topological polar surface area (TPSA) is 101 Å². The Morgan fingerprint density at radius 2 is 1.56 bits per heavy atom. The molecule has 0 aliphatic carbocycles. The molecule has 0 aliphatic rings. The van der Waals surface area contributed by atoms with Crippen LogP contribution in [0.3, 0.4) is 0 Å². The number of carbonyl (C=O) groups is 2. The quantitative estimate of drug-likeness (QED) is 0.199. The largest absolute Gasteiger partial charge is 0.491 e.